The van der Waals surface area contributed by atoms with Crippen LogP contribution in [-0.4, -0.2) is 29.8 Å². The molecule has 0 saturated carbocycles. The summed E-state index contributed by atoms with van der Waals surface area (Å²) in [6.45, 7) is 3.26. The number of rotatable bonds is 7. The monoisotopic (exact) mass is 300 g/mol. The third-order valence-corrected chi connectivity index (χ3v) is 3.07. The zero-order valence-electron chi connectivity index (χ0n) is 12.8. The molecule has 6 nitrogen and oxygen atoms in total. The van der Waals surface area contributed by atoms with Gasteiger partial charge in [0, 0.05) is 13.1 Å². The Kier molecular flexibility index (Phi) is 5.71. The van der Waals surface area contributed by atoms with E-state index >= 15 is 0 Å². The van der Waals surface area contributed by atoms with Crippen LogP contribution in [0.3, 0.4) is 0 Å². The highest BCUT2D eigenvalue weighted by molar-refractivity contribution is 5.92. The molecule has 22 heavy (non-hydrogen) atoms. The highest BCUT2D eigenvalue weighted by Gasteiger charge is 2.06. The van der Waals surface area contributed by atoms with Gasteiger partial charge in [0.25, 0.3) is 5.91 Å². The van der Waals surface area contributed by atoms with Gasteiger partial charge in [0.1, 0.15) is 11.6 Å². The van der Waals surface area contributed by atoms with Crippen molar-refractivity contribution >= 4 is 11.7 Å². The zero-order valence-corrected chi connectivity index (χ0v) is 12.8. The molecule has 0 fully saturated rings. The minimum atomic E-state index is -0.198. The van der Waals surface area contributed by atoms with Crippen molar-refractivity contribution < 1.29 is 9.53 Å². The summed E-state index contributed by atoms with van der Waals surface area (Å²) in [7, 11) is 1.64. The van der Waals surface area contributed by atoms with Gasteiger partial charge >= 0.3 is 0 Å². The van der Waals surface area contributed by atoms with Gasteiger partial charge in [-0.3, -0.25) is 4.79 Å². The predicted molar refractivity (Wildman–Crippen MR) is 85.0 cm³/mol. The Morgan fingerprint density at radius 1 is 1.14 bits per heavy atom. The van der Waals surface area contributed by atoms with E-state index in [2.05, 4.69) is 20.8 Å². The number of anilines is 1. The first-order chi connectivity index (χ1) is 10.7. The quantitative estimate of drug-likeness (QED) is 0.820. The summed E-state index contributed by atoms with van der Waals surface area (Å²) in [6.07, 6.45) is 0.890. The number of nitrogens with one attached hydrogen (secondary N) is 2. The molecule has 0 aliphatic rings. The Morgan fingerprint density at radius 3 is 2.50 bits per heavy atom. The number of methoxy groups -OCH3 is 1. The van der Waals surface area contributed by atoms with Crippen LogP contribution >= 0.6 is 0 Å². The number of hydrogen-bond acceptors (Lipinski definition) is 5. The fourth-order valence-electron chi connectivity index (χ4n) is 1.81. The molecular weight excluding hydrogens is 280 g/mol. The van der Waals surface area contributed by atoms with Crippen molar-refractivity contribution in [2.75, 3.05) is 19.0 Å². The van der Waals surface area contributed by atoms with Gasteiger partial charge in [-0.1, -0.05) is 19.1 Å². The van der Waals surface area contributed by atoms with E-state index in [0.29, 0.717) is 24.6 Å². The van der Waals surface area contributed by atoms with Crippen LogP contribution in [0.15, 0.2) is 36.4 Å². The summed E-state index contributed by atoms with van der Waals surface area (Å²) in [6, 6.07) is 11.2. The standard InChI is InChI=1S/C16H20N4O2/c1-3-10-17-16(21)14-8-9-15(20-19-14)18-11-12-4-6-13(22-2)7-5-12/h4-9H,3,10-11H2,1-2H3,(H,17,21)(H,18,20). The van der Waals surface area contributed by atoms with Gasteiger partial charge in [-0.05, 0) is 36.2 Å². The number of carbonyl (C=O) groups excluding carboxylic acids is 1. The molecule has 2 N–H and O–H groups in total. The molecule has 0 unspecified atom stereocenters. The van der Waals surface area contributed by atoms with E-state index in [9.17, 15) is 4.79 Å². The van der Waals surface area contributed by atoms with Gasteiger partial charge < -0.3 is 15.4 Å². The first-order valence-electron chi connectivity index (χ1n) is 7.21. The molecule has 2 aromatic rings. The van der Waals surface area contributed by atoms with E-state index in [-0.39, 0.29) is 5.91 Å². The molecule has 2 rings (SSSR count). The van der Waals surface area contributed by atoms with Crippen molar-refractivity contribution in [1.82, 2.24) is 15.5 Å². The summed E-state index contributed by atoms with van der Waals surface area (Å²) in [5, 5.41) is 13.9. The van der Waals surface area contributed by atoms with Crippen molar-refractivity contribution in [3.63, 3.8) is 0 Å². The number of aromatic nitrogens is 2. The molecule has 0 aliphatic carbocycles. The van der Waals surface area contributed by atoms with Gasteiger partial charge in [-0.25, -0.2) is 0 Å². The Bertz CT molecular complexity index is 597. The first-order valence-corrected chi connectivity index (χ1v) is 7.21. The van der Waals surface area contributed by atoms with Crippen molar-refractivity contribution in [2.24, 2.45) is 0 Å². The molecule has 0 aliphatic heterocycles. The molecule has 0 saturated heterocycles. The second kappa shape index (κ2) is 7.97. The molecule has 1 aromatic heterocycles. The molecule has 0 spiro atoms. The highest BCUT2D eigenvalue weighted by Crippen LogP contribution is 2.12. The van der Waals surface area contributed by atoms with Gasteiger partial charge in [0.15, 0.2) is 5.69 Å². The molecule has 1 aromatic carbocycles. The second-order valence-electron chi connectivity index (χ2n) is 4.76. The van der Waals surface area contributed by atoms with Gasteiger partial charge in [-0.2, -0.15) is 0 Å². The van der Waals surface area contributed by atoms with E-state index < -0.39 is 0 Å². The Hall–Kier alpha value is -2.63. The number of nitrogens with zero attached hydrogens (tertiary/aromatic N) is 2. The Balaban J connectivity index is 1.89. The largest absolute Gasteiger partial charge is 0.497 e. The van der Waals surface area contributed by atoms with Crippen molar-refractivity contribution in [3.8, 4) is 5.75 Å². The van der Waals surface area contributed by atoms with E-state index in [1.54, 1.807) is 19.2 Å². The van der Waals surface area contributed by atoms with Crippen LogP contribution < -0.4 is 15.4 Å². The number of ether oxygens (including phenoxy) is 1. The third kappa shape index (κ3) is 4.44. The summed E-state index contributed by atoms with van der Waals surface area (Å²) < 4.78 is 5.11. The topological polar surface area (TPSA) is 76.1 Å². The van der Waals surface area contributed by atoms with Crippen LogP contribution in [0, 0.1) is 0 Å². The van der Waals surface area contributed by atoms with E-state index in [0.717, 1.165) is 17.7 Å². The molecule has 0 atom stereocenters. The van der Waals surface area contributed by atoms with Crippen LogP contribution in [0.2, 0.25) is 0 Å². The minimum Gasteiger partial charge on any atom is -0.497 e. The molecule has 1 heterocycles. The smallest absolute Gasteiger partial charge is 0.271 e. The van der Waals surface area contributed by atoms with Crippen LogP contribution in [-0.2, 0) is 6.54 Å². The van der Waals surface area contributed by atoms with E-state index in [4.69, 9.17) is 4.74 Å². The lowest BCUT2D eigenvalue weighted by Gasteiger charge is -2.07. The molecule has 6 heteroatoms. The summed E-state index contributed by atoms with van der Waals surface area (Å²) in [5.41, 5.74) is 1.43. The fourth-order valence-corrected chi connectivity index (χ4v) is 1.81. The SMILES string of the molecule is CCCNC(=O)c1ccc(NCc2ccc(OC)cc2)nn1. The van der Waals surface area contributed by atoms with Crippen molar-refractivity contribution in [2.45, 2.75) is 19.9 Å². The van der Waals surface area contributed by atoms with E-state index in [1.165, 1.54) is 0 Å². The first kappa shape index (κ1) is 15.8. The zero-order chi connectivity index (χ0) is 15.8. The summed E-state index contributed by atoms with van der Waals surface area (Å²) >= 11 is 0. The second-order valence-corrected chi connectivity index (χ2v) is 4.76. The maximum absolute atomic E-state index is 11.7. The van der Waals surface area contributed by atoms with Gasteiger partial charge in [0.2, 0.25) is 0 Å². The van der Waals surface area contributed by atoms with Crippen LogP contribution in [0.1, 0.15) is 29.4 Å². The van der Waals surface area contributed by atoms with Crippen LogP contribution in [0.25, 0.3) is 0 Å². The summed E-state index contributed by atoms with van der Waals surface area (Å²) in [4.78, 5) is 11.7. The van der Waals surface area contributed by atoms with Gasteiger partial charge in [0.05, 0.1) is 7.11 Å². The highest BCUT2D eigenvalue weighted by atomic mass is 16.5. The molecular formula is C16H20N4O2. The minimum absolute atomic E-state index is 0.198. The summed E-state index contributed by atoms with van der Waals surface area (Å²) in [5.74, 6) is 1.25. The lowest BCUT2D eigenvalue weighted by atomic mass is 10.2. The maximum Gasteiger partial charge on any atom is 0.271 e. The Labute approximate surface area is 129 Å². The van der Waals surface area contributed by atoms with Gasteiger partial charge in [-0.15, -0.1) is 10.2 Å². The maximum atomic E-state index is 11.7. The lowest BCUT2D eigenvalue weighted by Crippen LogP contribution is -2.25. The Morgan fingerprint density at radius 2 is 1.91 bits per heavy atom. The van der Waals surface area contributed by atoms with E-state index in [1.807, 2.05) is 31.2 Å². The third-order valence-electron chi connectivity index (χ3n) is 3.07. The number of benzene rings is 1. The number of carbonyl (C=O) groups is 1. The lowest BCUT2D eigenvalue weighted by molar-refractivity contribution is 0.0947. The fraction of sp³-hybridized carbons (Fsp3) is 0.312. The van der Waals surface area contributed by atoms with Crippen LogP contribution in [0.4, 0.5) is 5.82 Å². The number of amides is 1. The average Bonchev–Trinajstić information content (AvgIpc) is 2.58. The predicted octanol–water partition coefficient (Wildman–Crippen LogP) is 2.24. The molecule has 0 radical (unpaired) electrons. The van der Waals surface area contributed by atoms with Crippen molar-refractivity contribution in [3.05, 3.63) is 47.7 Å². The van der Waals surface area contributed by atoms with Crippen LogP contribution in [0.5, 0.6) is 5.75 Å². The normalized spacial score (nSPS) is 10.1. The molecule has 1 amide bonds. The number of hydrogen-bond donors (Lipinski definition) is 2. The molecule has 0 bridgehead atoms. The molecule has 116 valence electrons. The van der Waals surface area contributed by atoms with Crippen molar-refractivity contribution in [1.29, 1.82) is 0 Å². The average molecular weight is 300 g/mol.